The van der Waals surface area contributed by atoms with Crippen LogP contribution in [0.15, 0.2) is 0 Å². The Morgan fingerprint density at radius 1 is 1.20 bits per heavy atom. The van der Waals surface area contributed by atoms with Gasteiger partial charge in [-0.2, -0.15) is 0 Å². The predicted molar refractivity (Wildman–Crippen MR) is 84.6 cm³/mol. The van der Waals surface area contributed by atoms with Gasteiger partial charge >= 0.3 is 0 Å². The van der Waals surface area contributed by atoms with Crippen LogP contribution in [0, 0.1) is 5.92 Å². The third-order valence-electron chi connectivity index (χ3n) is 4.12. The monoisotopic (exact) mass is 283 g/mol. The van der Waals surface area contributed by atoms with Crippen molar-refractivity contribution in [3.8, 4) is 0 Å². The molecule has 0 spiro atoms. The first kappa shape index (κ1) is 17.4. The van der Waals surface area contributed by atoms with Crippen molar-refractivity contribution in [1.29, 1.82) is 0 Å². The van der Waals surface area contributed by atoms with Crippen molar-refractivity contribution in [2.24, 2.45) is 11.7 Å². The van der Waals surface area contributed by atoms with Gasteiger partial charge in [0.25, 0.3) is 0 Å². The van der Waals surface area contributed by atoms with E-state index in [0.29, 0.717) is 0 Å². The molecular formula is C16H33N3O. The molecule has 4 nitrogen and oxygen atoms in total. The molecule has 0 aromatic rings. The average Bonchev–Trinajstić information content (AvgIpc) is 2.43. The second-order valence-electron chi connectivity index (χ2n) is 6.11. The average molecular weight is 283 g/mol. The minimum absolute atomic E-state index is 0.154. The second kappa shape index (κ2) is 10.2. The van der Waals surface area contributed by atoms with Crippen molar-refractivity contribution in [2.75, 3.05) is 26.2 Å². The van der Waals surface area contributed by atoms with Crippen LogP contribution in [0.4, 0.5) is 0 Å². The summed E-state index contributed by atoms with van der Waals surface area (Å²) in [5, 5.41) is 3.09. The van der Waals surface area contributed by atoms with E-state index >= 15 is 0 Å². The lowest BCUT2D eigenvalue weighted by atomic mass is 9.85. The van der Waals surface area contributed by atoms with Crippen LogP contribution in [-0.4, -0.2) is 43.0 Å². The molecule has 1 rings (SSSR count). The molecule has 0 radical (unpaired) electrons. The summed E-state index contributed by atoms with van der Waals surface area (Å²) in [4.78, 5) is 14.5. The molecule has 2 unspecified atom stereocenters. The molecule has 0 aliphatic heterocycles. The van der Waals surface area contributed by atoms with Gasteiger partial charge in [-0.25, -0.2) is 0 Å². The van der Waals surface area contributed by atoms with Gasteiger partial charge in [0.1, 0.15) is 0 Å². The number of amides is 1. The Kier molecular flexibility index (Phi) is 8.86. The van der Waals surface area contributed by atoms with Crippen LogP contribution in [-0.2, 0) is 4.79 Å². The number of carbonyl (C=O) groups is 1. The molecule has 1 aliphatic rings. The highest BCUT2D eigenvalue weighted by Gasteiger charge is 2.24. The summed E-state index contributed by atoms with van der Waals surface area (Å²) in [7, 11) is 0. The molecule has 0 heterocycles. The van der Waals surface area contributed by atoms with Gasteiger partial charge in [0.2, 0.25) is 5.91 Å². The van der Waals surface area contributed by atoms with E-state index in [4.69, 9.17) is 5.73 Å². The molecule has 0 aromatic heterocycles. The third kappa shape index (κ3) is 6.71. The highest BCUT2D eigenvalue weighted by atomic mass is 16.1. The van der Waals surface area contributed by atoms with E-state index < -0.39 is 0 Å². The Balaban J connectivity index is 2.14. The van der Waals surface area contributed by atoms with Crippen LogP contribution in [0.1, 0.15) is 58.8 Å². The topological polar surface area (TPSA) is 58.4 Å². The minimum Gasteiger partial charge on any atom is -0.356 e. The van der Waals surface area contributed by atoms with E-state index in [1.54, 1.807) is 0 Å². The Bertz CT molecular complexity index is 264. The molecule has 1 fully saturated rings. The molecule has 3 N–H and O–H groups in total. The summed E-state index contributed by atoms with van der Waals surface area (Å²) < 4.78 is 0. The van der Waals surface area contributed by atoms with E-state index in [9.17, 15) is 4.79 Å². The Hall–Kier alpha value is -0.610. The van der Waals surface area contributed by atoms with Crippen molar-refractivity contribution < 1.29 is 4.79 Å². The van der Waals surface area contributed by atoms with E-state index in [1.807, 2.05) is 0 Å². The largest absolute Gasteiger partial charge is 0.356 e. The molecule has 0 saturated heterocycles. The first-order chi connectivity index (χ1) is 9.67. The summed E-state index contributed by atoms with van der Waals surface area (Å²) >= 11 is 0. The van der Waals surface area contributed by atoms with Crippen LogP contribution >= 0.6 is 0 Å². The van der Waals surface area contributed by atoms with Gasteiger partial charge in [-0.3, -0.25) is 4.79 Å². The van der Waals surface area contributed by atoms with Crippen molar-refractivity contribution in [2.45, 2.75) is 64.8 Å². The third-order valence-corrected chi connectivity index (χ3v) is 4.12. The van der Waals surface area contributed by atoms with E-state index in [2.05, 4.69) is 24.1 Å². The number of nitrogens with two attached hydrogens (primary N) is 1. The van der Waals surface area contributed by atoms with Crippen LogP contribution < -0.4 is 11.1 Å². The number of rotatable bonds is 9. The van der Waals surface area contributed by atoms with E-state index in [-0.39, 0.29) is 17.9 Å². The van der Waals surface area contributed by atoms with Crippen molar-refractivity contribution in [3.05, 3.63) is 0 Å². The first-order valence-electron chi connectivity index (χ1n) is 8.43. The lowest BCUT2D eigenvalue weighted by Gasteiger charge is -2.26. The van der Waals surface area contributed by atoms with Gasteiger partial charge in [0, 0.05) is 18.5 Å². The number of hydrogen-bond donors (Lipinski definition) is 2. The van der Waals surface area contributed by atoms with Crippen molar-refractivity contribution in [1.82, 2.24) is 10.2 Å². The standard InChI is InChI=1S/C16H33N3O/c1-3-10-19(11-4-2)12-6-9-18-16(20)14-7-5-8-15(17)13-14/h14-15H,3-13,17H2,1-2H3,(H,18,20). The first-order valence-corrected chi connectivity index (χ1v) is 8.43. The molecule has 1 amide bonds. The number of hydrogen-bond acceptors (Lipinski definition) is 3. The summed E-state index contributed by atoms with van der Waals surface area (Å²) in [6.45, 7) is 8.66. The number of nitrogens with one attached hydrogen (secondary N) is 1. The van der Waals surface area contributed by atoms with Gasteiger partial charge < -0.3 is 16.0 Å². The summed E-state index contributed by atoms with van der Waals surface area (Å²) in [6, 6.07) is 0.226. The van der Waals surface area contributed by atoms with Gasteiger partial charge in [-0.15, -0.1) is 0 Å². The maximum atomic E-state index is 12.1. The maximum absolute atomic E-state index is 12.1. The Labute approximate surface area is 124 Å². The lowest BCUT2D eigenvalue weighted by molar-refractivity contribution is -0.126. The summed E-state index contributed by atoms with van der Waals surface area (Å²) in [6.07, 6.45) is 7.50. The fourth-order valence-corrected chi connectivity index (χ4v) is 3.09. The van der Waals surface area contributed by atoms with Gasteiger partial charge in [0.05, 0.1) is 0 Å². The molecule has 0 bridgehead atoms. The fraction of sp³-hybridized carbons (Fsp3) is 0.938. The second-order valence-corrected chi connectivity index (χ2v) is 6.11. The summed E-state index contributed by atoms with van der Waals surface area (Å²) in [5.41, 5.74) is 5.94. The van der Waals surface area contributed by atoms with Gasteiger partial charge in [-0.05, 0) is 58.2 Å². The van der Waals surface area contributed by atoms with Crippen LogP contribution in [0.3, 0.4) is 0 Å². The summed E-state index contributed by atoms with van der Waals surface area (Å²) in [5.74, 6) is 0.374. The minimum atomic E-state index is 0.154. The lowest BCUT2D eigenvalue weighted by Crippen LogP contribution is -2.38. The normalized spacial score (nSPS) is 23.0. The highest BCUT2D eigenvalue weighted by molar-refractivity contribution is 5.78. The van der Waals surface area contributed by atoms with Gasteiger partial charge in [-0.1, -0.05) is 20.3 Å². The molecule has 20 heavy (non-hydrogen) atoms. The smallest absolute Gasteiger partial charge is 0.223 e. The predicted octanol–water partition coefficient (Wildman–Crippen LogP) is 2.13. The molecular weight excluding hydrogens is 250 g/mol. The zero-order chi connectivity index (χ0) is 14.8. The highest BCUT2D eigenvalue weighted by Crippen LogP contribution is 2.22. The quantitative estimate of drug-likeness (QED) is 0.637. The molecule has 0 aromatic carbocycles. The van der Waals surface area contributed by atoms with Gasteiger partial charge in [0.15, 0.2) is 0 Å². The maximum Gasteiger partial charge on any atom is 0.223 e. The van der Waals surface area contributed by atoms with E-state index in [0.717, 1.165) is 45.2 Å². The van der Waals surface area contributed by atoms with Crippen molar-refractivity contribution >= 4 is 5.91 Å². The fourth-order valence-electron chi connectivity index (χ4n) is 3.09. The van der Waals surface area contributed by atoms with Crippen LogP contribution in [0.5, 0.6) is 0 Å². The molecule has 118 valence electrons. The molecule has 2 atom stereocenters. The van der Waals surface area contributed by atoms with Crippen LogP contribution in [0.25, 0.3) is 0 Å². The number of nitrogens with zero attached hydrogens (tertiary/aromatic N) is 1. The molecule has 1 aliphatic carbocycles. The molecule has 1 saturated carbocycles. The van der Waals surface area contributed by atoms with Crippen molar-refractivity contribution in [3.63, 3.8) is 0 Å². The molecule has 4 heteroatoms. The Morgan fingerprint density at radius 3 is 2.50 bits per heavy atom. The van der Waals surface area contributed by atoms with Crippen LogP contribution in [0.2, 0.25) is 0 Å². The zero-order valence-electron chi connectivity index (χ0n) is 13.4. The zero-order valence-corrected chi connectivity index (χ0v) is 13.4. The SMILES string of the molecule is CCCN(CCC)CCCNC(=O)C1CCCC(N)C1. The van der Waals surface area contributed by atoms with E-state index in [1.165, 1.54) is 25.9 Å². The number of carbonyl (C=O) groups excluding carboxylic acids is 1. The Morgan fingerprint density at radius 2 is 1.90 bits per heavy atom.